The predicted octanol–water partition coefficient (Wildman–Crippen LogP) is 5.05. The predicted molar refractivity (Wildman–Crippen MR) is 126 cm³/mol. The van der Waals surface area contributed by atoms with Gasteiger partial charge >= 0.3 is 5.97 Å². The minimum absolute atomic E-state index is 0.531. The average molecular weight is 454 g/mol. The van der Waals surface area contributed by atoms with E-state index in [0.717, 1.165) is 53.6 Å². The summed E-state index contributed by atoms with van der Waals surface area (Å²) < 4.78 is 11.2. The van der Waals surface area contributed by atoms with E-state index in [9.17, 15) is 9.90 Å². The molecule has 8 heteroatoms. The summed E-state index contributed by atoms with van der Waals surface area (Å²) in [5.41, 5.74) is 1.65. The van der Waals surface area contributed by atoms with Gasteiger partial charge in [-0.05, 0) is 56.5 Å². The maximum absolute atomic E-state index is 11.4. The summed E-state index contributed by atoms with van der Waals surface area (Å²) in [6, 6.07) is 7.72. The number of nitrogens with zero attached hydrogens (tertiary/aromatic N) is 3. The SMILES string of the molecule is Cc1oc(-c2ccc(N(C)C)nc2)nc1Cc1ccc(/C=C/CSC2(C(=O)O)CCC2)o1. The van der Waals surface area contributed by atoms with Crippen molar-refractivity contribution in [3.8, 4) is 11.5 Å². The molecule has 0 spiro atoms. The summed E-state index contributed by atoms with van der Waals surface area (Å²) in [4.78, 5) is 22.4. The fourth-order valence-electron chi connectivity index (χ4n) is 3.53. The Morgan fingerprint density at radius 2 is 2.06 bits per heavy atom. The van der Waals surface area contributed by atoms with Gasteiger partial charge < -0.3 is 18.8 Å². The van der Waals surface area contributed by atoms with Gasteiger partial charge in [-0.3, -0.25) is 4.79 Å². The zero-order chi connectivity index (χ0) is 22.7. The van der Waals surface area contributed by atoms with Crippen LogP contribution in [0.4, 0.5) is 5.82 Å². The third-order valence-electron chi connectivity index (χ3n) is 5.66. The molecule has 168 valence electrons. The number of rotatable bonds is 9. The lowest BCUT2D eigenvalue weighted by atomic mass is 9.84. The van der Waals surface area contributed by atoms with Gasteiger partial charge in [0, 0.05) is 26.0 Å². The van der Waals surface area contributed by atoms with E-state index in [2.05, 4.69) is 9.97 Å². The number of carbonyl (C=O) groups is 1. The van der Waals surface area contributed by atoms with Crippen LogP contribution in [0, 0.1) is 6.92 Å². The van der Waals surface area contributed by atoms with Crippen molar-refractivity contribution in [1.82, 2.24) is 9.97 Å². The van der Waals surface area contributed by atoms with Crippen molar-refractivity contribution in [3.05, 3.63) is 59.5 Å². The van der Waals surface area contributed by atoms with Gasteiger partial charge in [-0.1, -0.05) is 6.08 Å². The van der Waals surface area contributed by atoms with Gasteiger partial charge in [0.05, 0.1) is 17.7 Å². The van der Waals surface area contributed by atoms with Crippen molar-refractivity contribution >= 4 is 29.6 Å². The Balaban J connectivity index is 1.36. The Morgan fingerprint density at radius 3 is 2.69 bits per heavy atom. The number of furan rings is 1. The first-order chi connectivity index (χ1) is 15.4. The highest BCUT2D eigenvalue weighted by Gasteiger charge is 2.44. The number of pyridine rings is 1. The van der Waals surface area contributed by atoms with E-state index >= 15 is 0 Å². The molecule has 3 aromatic rings. The van der Waals surface area contributed by atoms with Gasteiger partial charge in [-0.15, -0.1) is 11.8 Å². The number of carboxylic acids is 1. The van der Waals surface area contributed by atoms with Crippen molar-refractivity contribution in [3.63, 3.8) is 0 Å². The Hall–Kier alpha value is -3.00. The minimum Gasteiger partial charge on any atom is -0.480 e. The molecule has 1 saturated carbocycles. The van der Waals surface area contributed by atoms with E-state index in [1.54, 1.807) is 6.20 Å². The summed E-state index contributed by atoms with van der Waals surface area (Å²) in [7, 11) is 3.89. The number of hydrogen-bond acceptors (Lipinski definition) is 7. The molecule has 0 amide bonds. The lowest BCUT2D eigenvalue weighted by Gasteiger charge is -2.36. The van der Waals surface area contributed by atoms with Crippen LogP contribution in [0.3, 0.4) is 0 Å². The van der Waals surface area contributed by atoms with Crippen molar-refractivity contribution in [1.29, 1.82) is 0 Å². The first-order valence-electron chi connectivity index (χ1n) is 10.6. The number of aryl methyl sites for hydroxylation is 1. The first-order valence-corrected chi connectivity index (χ1v) is 11.6. The van der Waals surface area contributed by atoms with E-state index in [-0.39, 0.29) is 0 Å². The monoisotopic (exact) mass is 453 g/mol. The molecule has 7 nitrogen and oxygen atoms in total. The summed E-state index contributed by atoms with van der Waals surface area (Å²) in [5.74, 6) is 3.65. The Morgan fingerprint density at radius 1 is 1.25 bits per heavy atom. The molecule has 0 atom stereocenters. The molecular formula is C24H27N3O4S. The number of anilines is 1. The van der Waals surface area contributed by atoms with Crippen LogP contribution >= 0.6 is 11.8 Å². The van der Waals surface area contributed by atoms with Crippen LogP contribution in [0.1, 0.15) is 42.2 Å². The molecular weight excluding hydrogens is 426 g/mol. The maximum atomic E-state index is 11.4. The minimum atomic E-state index is -0.700. The lowest BCUT2D eigenvalue weighted by molar-refractivity contribution is -0.142. The van der Waals surface area contributed by atoms with Crippen LogP contribution in [0.2, 0.25) is 0 Å². The van der Waals surface area contributed by atoms with E-state index in [1.807, 2.05) is 62.3 Å². The smallest absolute Gasteiger partial charge is 0.319 e. The summed E-state index contributed by atoms with van der Waals surface area (Å²) >= 11 is 1.49. The van der Waals surface area contributed by atoms with E-state index < -0.39 is 10.7 Å². The number of carboxylic acid groups (broad SMARTS) is 1. The molecule has 1 aliphatic rings. The van der Waals surface area contributed by atoms with Gasteiger partial charge in [0.1, 0.15) is 27.8 Å². The van der Waals surface area contributed by atoms with Crippen LogP contribution < -0.4 is 4.90 Å². The molecule has 0 aromatic carbocycles. The molecule has 1 fully saturated rings. The second-order valence-corrected chi connectivity index (χ2v) is 9.57. The lowest BCUT2D eigenvalue weighted by Crippen LogP contribution is -2.42. The number of aromatic nitrogens is 2. The second kappa shape index (κ2) is 9.24. The quantitative estimate of drug-likeness (QED) is 0.481. The highest BCUT2D eigenvalue weighted by molar-refractivity contribution is 8.01. The average Bonchev–Trinajstić information content (AvgIpc) is 3.33. The van der Waals surface area contributed by atoms with Crippen LogP contribution in [-0.4, -0.2) is 45.6 Å². The number of aliphatic carboxylic acids is 1. The molecule has 1 N–H and O–H groups in total. The Labute approximate surface area is 191 Å². The topological polar surface area (TPSA) is 92.6 Å². The summed E-state index contributed by atoms with van der Waals surface area (Å²) in [6.45, 7) is 1.90. The zero-order valence-corrected chi connectivity index (χ0v) is 19.3. The van der Waals surface area contributed by atoms with Gasteiger partial charge in [0.2, 0.25) is 5.89 Å². The molecule has 1 aliphatic carbocycles. The largest absolute Gasteiger partial charge is 0.480 e. The highest BCUT2D eigenvalue weighted by atomic mass is 32.2. The normalized spacial score (nSPS) is 15.1. The Kier molecular flexibility index (Phi) is 6.41. The molecule has 0 aliphatic heterocycles. The third kappa shape index (κ3) is 4.75. The Bertz CT molecular complexity index is 1110. The third-order valence-corrected chi connectivity index (χ3v) is 7.15. The molecule has 3 heterocycles. The maximum Gasteiger partial charge on any atom is 0.319 e. The number of oxazole rings is 1. The van der Waals surface area contributed by atoms with Crippen molar-refractivity contribution in [2.45, 2.75) is 37.4 Å². The molecule has 4 rings (SSSR count). The number of hydrogen-bond donors (Lipinski definition) is 1. The van der Waals surface area contributed by atoms with Crippen LogP contribution in [0.5, 0.6) is 0 Å². The van der Waals surface area contributed by atoms with Gasteiger partial charge in [0.15, 0.2) is 0 Å². The fourth-order valence-corrected chi connectivity index (χ4v) is 4.74. The summed E-state index contributed by atoms with van der Waals surface area (Å²) in [5, 5.41) is 9.39. The number of thioether (sulfide) groups is 1. The molecule has 0 bridgehead atoms. The highest BCUT2D eigenvalue weighted by Crippen LogP contribution is 2.44. The molecule has 32 heavy (non-hydrogen) atoms. The van der Waals surface area contributed by atoms with Gasteiger partial charge in [0.25, 0.3) is 0 Å². The molecule has 3 aromatic heterocycles. The van der Waals surface area contributed by atoms with E-state index in [4.69, 9.17) is 8.83 Å². The first kappa shape index (κ1) is 22.2. The van der Waals surface area contributed by atoms with Crippen LogP contribution in [-0.2, 0) is 11.2 Å². The molecule has 0 radical (unpaired) electrons. The van der Waals surface area contributed by atoms with Gasteiger partial charge in [-0.2, -0.15) is 0 Å². The molecule has 0 saturated heterocycles. The van der Waals surface area contributed by atoms with Gasteiger partial charge in [-0.25, -0.2) is 9.97 Å². The molecule has 0 unspecified atom stereocenters. The second-order valence-electron chi connectivity index (χ2n) is 8.17. The zero-order valence-electron chi connectivity index (χ0n) is 18.5. The standard InChI is InChI=1S/C24H27N3O4S/c1-16-20(26-22(30-16)17-7-10-21(25-15-17)27(2)3)14-19-9-8-18(31-19)6-4-13-32-24(23(28)29)11-5-12-24/h4,6-10,15H,5,11-14H2,1-3H3,(H,28,29)/b6-4+. The van der Waals surface area contributed by atoms with Crippen molar-refractivity contribution < 1.29 is 18.7 Å². The van der Waals surface area contributed by atoms with E-state index in [0.29, 0.717) is 18.1 Å². The summed E-state index contributed by atoms with van der Waals surface area (Å²) in [6.07, 6.45) is 8.64. The van der Waals surface area contributed by atoms with Crippen molar-refractivity contribution in [2.24, 2.45) is 0 Å². The van der Waals surface area contributed by atoms with Crippen LogP contribution in [0.15, 0.2) is 45.4 Å². The van der Waals surface area contributed by atoms with E-state index in [1.165, 1.54) is 11.8 Å². The van der Waals surface area contributed by atoms with Crippen molar-refractivity contribution in [2.75, 3.05) is 24.7 Å². The fraction of sp³-hybridized carbons (Fsp3) is 0.375. The van der Waals surface area contributed by atoms with Crippen LogP contribution in [0.25, 0.3) is 17.5 Å².